The van der Waals surface area contributed by atoms with Crippen LogP contribution in [0.4, 0.5) is 5.69 Å². The standard InChI is InChI=1S/C20H30N2O4/c1-24-19-8-7-16(15-18(19)22-10-13-25-14-11-22)20(23)21-9-3-2-5-17-6-4-12-26-17/h7-8,15,17H,2-6,9-14H2,1H3,(H,21,23). The molecule has 3 rings (SSSR count). The van der Waals surface area contributed by atoms with Crippen molar-refractivity contribution in [1.82, 2.24) is 5.32 Å². The van der Waals surface area contributed by atoms with Gasteiger partial charge in [-0.25, -0.2) is 0 Å². The predicted molar refractivity (Wildman–Crippen MR) is 101 cm³/mol. The van der Waals surface area contributed by atoms with Crippen LogP contribution in [0, 0.1) is 0 Å². The summed E-state index contributed by atoms with van der Waals surface area (Å²) in [6, 6.07) is 5.62. The second-order valence-electron chi connectivity index (χ2n) is 6.87. The maximum atomic E-state index is 12.5. The van der Waals surface area contributed by atoms with Gasteiger partial charge in [0.15, 0.2) is 0 Å². The third-order valence-electron chi connectivity index (χ3n) is 5.06. The van der Waals surface area contributed by atoms with Crippen molar-refractivity contribution in [3.05, 3.63) is 23.8 Å². The van der Waals surface area contributed by atoms with Gasteiger partial charge in [-0.15, -0.1) is 0 Å². The van der Waals surface area contributed by atoms with Gasteiger partial charge < -0.3 is 24.4 Å². The van der Waals surface area contributed by atoms with Crippen LogP contribution >= 0.6 is 0 Å². The SMILES string of the molecule is COc1ccc(C(=O)NCCCCC2CCCO2)cc1N1CCOCC1. The van der Waals surface area contributed by atoms with Crippen LogP contribution in [-0.2, 0) is 9.47 Å². The number of nitrogens with one attached hydrogen (secondary N) is 1. The third-order valence-corrected chi connectivity index (χ3v) is 5.06. The first-order valence-electron chi connectivity index (χ1n) is 9.68. The van der Waals surface area contributed by atoms with E-state index in [1.807, 2.05) is 18.2 Å². The Bertz CT molecular complexity index is 581. The van der Waals surface area contributed by atoms with E-state index in [-0.39, 0.29) is 5.91 Å². The minimum absolute atomic E-state index is 0.0284. The molecule has 0 aliphatic carbocycles. The summed E-state index contributed by atoms with van der Waals surface area (Å²) in [7, 11) is 1.66. The van der Waals surface area contributed by atoms with Crippen LogP contribution in [0.2, 0.25) is 0 Å². The minimum atomic E-state index is -0.0284. The van der Waals surface area contributed by atoms with Crippen LogP contribution < -0.4 is 15.0 Å². The first-order chi connectivity index (χ1) is 12.8. The van der Waals surface area contributed by atoms with Crippen molar-refractivity contribution in [3.8, 4) is 5.75 Å². The number of anilines is 1. The van der Waals surface area contributed by atoms with E-state index in [1.54, 1.807) is 7.11 Å². The van der Waals surface area contributed by atoms with Gasteiger partial charge in [0.05, 0.1) is 32.1 Å². The van der Waals surface area contributed by atoms with E-state index >= 15 is 0 Å². The van der Waals surface area contributed by atoms with Crippen LogP contribution in [0.1, 0.15) is 42.5 Å². The summed E-state index contributed by atoms with van der Waals surface area (Å²) in [5.74, 6) is 0.763. The molecule has 1 N–H and O–H groups in total. The Morgan fingerprint density at radius 3 is 2.85 bits per heavy atom. The lowest BCUT2D eigenvalue weighted by Crippen LogP contribution is -2.36. The lowest BCUT2D eigenvalue weighted by atomic mass is 10.1. The second kappa shape index (κ2) is 9.78. The molecule has 1 atom stereocenters. The molecule has 2 aliphatic rings. The van der Waals surface area contributed by atoms with E-state index in [4.69, 9.17) is 14.2 Å². The van der Waals surface area contributed by atoms with Gasteiger partial charge in [0.1, 0.15) is 5.75 Å². The molecule has 6 heteroatoms. The maximum absolute atomic E-state index is 12.5. The lowest BCUT2D eigenvalue weighted by molar-refractivity contribution is 0.0947. The number of carbonyl (C=O) groups excluding carboxylic acids is 1. The zero-order chi connectivity index (χ0) is 18.2. The molecular formula is C20H30N2O4. The Morgan fingerprint density at radius 1 is 1.27 bits per heavy atom. The molecule has 0 saturated carbocycles. The van der Waals surface area contributed by atoms with E-state index < -0.39 is 0 Å². The Balaban J connectivity index is 1.49. The molecule has 2 saturated heterocycles. The number of rotatable bonds is 8. The van der Waals surface area contributed by atoms with E-state index in [0.29, 0.717) is 31.4 Å². The van der Waals surface area contributed by atoms with E-state index in [2.05, 4.69) is 10.2 Å². The number of methoxy groups -OCH3 is 1. The molecule has 0 radical (unpaired) electrons. The number of unbranched alkanes of at least 4 members (excludes halogenated alkanes) is 1. The summed E-state index contributed by atoms with van der Waals surface area (Å²) >= 11 is 0. The predicted octanol–water partition coefficient (Wildman–Crippen LogP) is 2.61. The minimum Gasteiger partial charge on any atom is -0.495 e. The molecule has 0 bridgehead atoms. The fraction of sp³-hybridized carbons (Fsp3) is 0.650. The van der Waals surface area contributed by atoms with Crippen LogP contribution in [-0.4, -0.2) is 58.6 Å². The summed E-state index contributed by atoms with van der Waals surface area (Å²) in [5, 5.41) is 3.03. The van der Waals surface area contributed by atoms with E-state index in [1.165, 1.54) is 12.8 Å². The van der Waals surface area contributed by atoms with Crippen molar-refractivity contribution in [2.24, 2.45) is 0 Å². The highest BCUT2D eigenvalue weighted by Gasteiger charge is 2.18. The summed E-state index contributed by atoms with van der Waals surface area (Å²) in [5.41, 5.74) is 1.63. The molecule has 1 unspecified atom stereocenters. The molecule has 1 aromatic carbocycles. The first kappa shape index (κ1) is 19.0. The number of benzene rings is 1. The van der Waals surface area contributed by atoms with Gasteiger partial charge >= 0.3 is 0 Å². The Hall–Kier alpha value is -1.79. The zero-order valence-corrected chi connectivity index (χ0v) is 15.7. The lowest BCUT2D eigenvalue weighted by Gasteiger charge is -2.30. The monoisotopic (exact) mass is 362 g/mol. The highest BCUT2D eigenvalue weighted by molar-refractivity contribution is 5.95. The second-order valence-corrected chi connectivity index (χ2v) is 6.87. The average Bonchev–Trinajstić information content (AvgIpc) is 3.21. The maximum Gasteiger partial charge on any atom is 0.251 e. The van der Waals surface area contributed by atoms with Crippen molar-refractivity contribution >= 4 is 11.6 Å². The molecule has 144 valence electrons. The number of ether oxygens (including phenoxy) is 3. The van der Waals surface area contributed by atoms with Crippen molar-refractivity contribution < 1.29 is 19.0 Å². The summed E-state index contributed by atoms with van der Waals surface area (Å²) in [4.78, 5) is 14.7. The van der Waals surface area contributed by atoms with Gasteiger partial charge in [0.25, 0.3) is 5.91 Å². The highest BCUT2D eigenvalue weighted by atomic mass is 16.5. The normalized spacial score (nSPS) is 20.2. The third kappa shape index (κ3) is 5.11. The van der Waals surface area contributed by atoms with Gasteiger partial charge in [-0.05, 0) is 50.3 Å². The largest absolute Gasteiger partial charge is 0.495 e. The number of morpholine rings is 1. The molecule has 26 heavy (non-hydrogen) atoms. The molecule has 1 aromatic rings. The van der Waals surface area contributed by atoms with E-state index in [9.17, 15) is 4.79 Å². The number of hydrogen-bond donors (Lipinski definition) is 1. The molecule has 2 fully saturated rings. The fourth-order valence-electron chi connectivity index (χ4n) is 3.56. The van der Waals surface area contributed by atoms with Gasteiger partial charge in [-0.2, -0.15) is 0 Å². The van der Waals surface area contributed by atoms with Crippen molar-refractivity contribution in [2.45, 2.75) is 38.2 Å². The van der Waals surface area contributed by atoms with Crippen molar-refractivity contribution in [2.75, 3.05) is 51.5 Å². The first-order valence-corrected chi connectivity index (χ1v) is 9.68. The number of amides is 1. The average molecular weight is 362 g/mol. The molecular weight excluding hydrogens is 332 g/mol. The topological polar surface area (TPSA) is 60.0 Å². The van der Waals surface area contributed by atoms with Crippen LogP contribution in [0.3, 0.4) is 0 Å². The zero-order valence-electron chi connectivity index (χ0n) is 15.7. The van der Waals surface area contributed by atoms with E-state index in [0.717, 1.165) is 50.4 Å². The quantitative estimate of drug-likeness (QED) is 0.721. The summed E-state index contributed by atoms with van der Waals surface area (Å²) in [6.45, 7) is 4.62. The molecule has 2 heterocycles. The van der Waals surface area contributed by atoms with Crippen LogP contribution in [0.5, 0.6) is 5.75 Å². The van der Waals surface area contributed by atoms with Gasteiger partial charge in [0, 0.05) is 31.8 Å². The van der Waals surface area contributed by atoms with Gasteiger partial charge in [-0.1, -0.05) is 0 Å². The van der Waals surface area contributed by atoms with Crippen LogP contribution in [0.15, 0.2) is 18.2 Å². The molecule has 0 spiro atoms. The Kier molecular flexibility index (Phi) is 7.14. The molecule has 2 aliphatic heterocycles. The smallest absolute Gasteiger partial charge is 0.251 e. The Labute approximate surface area is 155 Å². The molecule has 6 nitrogen and oxygen atoms in total. The molecule has 1 amide bonds. The van der Waals surface area contributed by atoms with Gasteiger partial charge in [-0.3, -0.25) is 4.79 Å². The van der Waals surface area contributed by atoms with Crippen molar-refractivity contribution in [3.63, 3.8) is 0 Å². The summed E-state index contributed by atoms with van der Waals surface area (Å²) in [6.07, 6.45) is 5.97. The van der Waals surface area contributed by atoms with Gasteiger partial charge in [0.2, 0.25) is 0 Å². The number of nitrogens with zero attached hydrogens (tertiary/aromatic N) is 1. The van der Waals surface area contributed by atoms with Crippen LogP contribution in [0.25, 0.3) is 0 Å². The number of hydrogen-bond acceptors (Lipinski definition) is 5. The summed E-state index contributed by atoms with van der Waals surface area (Å²) < 4.78 is 16.5. The Morgan fingerprint density at radius 2 is 2.12 bits per heavy atom. The van der Waals surface area contributed by atoms with Crippen molar-refractivity contribution in [1.29, 1.82) is 0 Å². The highest BCUT2D eigenvalue weighted by Crippen LogP contribution is 2.30. The number of carbonyl (C=O) groups is 1. The molecule has 0 aromatic heterocycles. The fourth-order valence-corrected chi connectivity index (χ4v) is 3.56.